The van der Waals surface area contributed by atoms with Crippen LogP contribution in [0.4, 0.5) is 10.1 Å². The molecule has 0 bridgehead atoms. The zero-order valence-corrected chi connectivity index (χ0v) is 12.6. The highest BCUT2D eigenvalue weighted by atomic mass is 19.1. The van der Waals surface area contributed by atoms with Gasteiger partial charge in [-0.3, -0.25) is 4.90 Å². The molecule has 2 rings (SSSR count). The van der Waals surface area contributed by atoms with E-state index in [0.717, 1.165) is 31.7 Å². The molecule has 0 aromatic heterocycles. The molecule has 0 radical (unpaired) electrons. The molecule has 3 N–H and O–H groups in total. The standard InChI is InChI=1S/C15H23FN4O/c1-3-20-8-4-5-12(20)10-19(2)14-7-6-11(16)9-13(14)15(17)18-21/h6-7,9,12,21H,3-5,8,10H2,1-2H3,(H2,17,18). The maximum absolute atomic E-state index is 13.4. The molecule has 1 atom stereocenters. The van der Waals surface area contributed by atoms with Crippen LogP contribution in [0.5, 0.6) is 0 Å². The molecule has 0 amide bonds. The van der Waals surface area contributed by atoms with Crippen LogP contribution in [0.3, 0.4) is 0 Å². The van der Waals surface area contributed by atoms with Crippen LogP contribution in [0.1, 0.15) is 25.3 Å². The van der Waals surface area contributed by atoms with Gasteiger partial charge in [-0.1, -0.05) is 12.1 Å². The van der Waals surface area contributed by atoms with Crippen molar-refractivity contribution >= 4 is 11.5 Å². The Balaban J connectivity index is 2.20. The van der Waals surface area contributed by atoms with E-state index < -0.39 is 5.82 Å². The summed E-state index contributed by atoms with van der Waals surface area (Å²) in [5.41, 5.74) is 6.85. The molecule has 1 aromatic carbocycles. The molecule has 1 unspecified atom stereocenters. The van der Waals surface area contributed by atoms with E-state index in [2.05, 4.69) is 17.0 Å². The van der Waals surface area contributed by atoms with Crippen molar-refractivity contribution in [1.82, 2.24) is 4.90 Å². The van der Waals surface area contributed by atoms with Gasteiger partial charge in [-0.25, -0.2) is 4.39 Å². The van der Waals surface area contributed by atoms with Gasteiger partial charge >= 0.3 is 0 Å². The fourth-order valence-corrected chi connectivity index (χ4v) is 3.03. The second-order valence-corrected chi connectivity index (χ2v) is 5.45. The Morgan fingerprint density at radius 3 is 3.00 bits per heavy atom. The molecule has 6 heteroatoms. The van der Waals surface area contributed by atoms with Crippen LogP contribution in [-0.2, 0) is 0 Å². The SMILES string of the molecule is CCN1CCCC1CN(C)c1ccc(F)cc1C(N)=NO. The van der Waals surface area contributed by atoms with E-state index in [-0.39, 0.29) is 5.84 Å². The Kier molecular flexibility index (Phi) is 5.01. The van der Waals surface area contributed by atoms with Crippen molar-refractivity contribution in [2.24, 2.45) is 10.9 Å². The molecule has 0 spiro atoms. The monoisotopic (exact) mass is 294 g/mol. The topological polar surface area (TPSA) is 65.1 Å². The van der Waals surface area contributed by atoms with Gasteiger partial charge in [0, 0.05) is 30.9 Å². The molecule has 5 nitrogen and oxygen atoms in total. The second kappa shape index (κ2) is 6.76. The number of amidine groups is 1. The van der Waals surface area contributed by atoms with Crippen LogP contribution in [0.2, 0.25) is 0 Å². The van der Waals surface area contributed by atoms with Crippen molar-refractivity contribution in [2.45, 2.75) is 25.8 Å². The van der Waals surface area contributed by atoms with Crippen LogP contribution in [0, 0.1) is 5.82 Å². The summed E-state index contributed by atoms with van der Waals surface area (Å²) in [4.78, 5) is 4.49. The van der Waals surface area contributed by atoms with E-state index >= 15 is 0 Å². The zero-order chi connectivity index (χ0) is 15.4. The lowest BCUT2D eigenvalue weighted by molar-refractivity contribution is 0.270. The first-order valence-corrected chi connectivity index (χ1v) is 7.29. The summed E-state index contributed by atoms with van der Waals surface area (Å²) in [6, 6.07) is 4.86. The van der Waals surface area contributed by atoms with E-state index in [9.17, 15) is 4.39 Å². The van der Waals surface area contributed by atoms with Gasteiger partial charge in [-0.15, -0.1) is 0 Å². The van der Waals surface area contributed by atoms with Crippen molar-refractivity contribution in [3.8, 4) is 0 Å². The second-order valence-electron chi connectivity index (χ2n) is 5.45. The van der Waals surface area contributed by atoms with Gasteiger partial charge in [0.15, 0.2) is 5.84 Å². The number of anilines is 1. The molecule has 0 aliphatic carbocycles. The molecule has 1 aromatic rings. The molecule has 1 fully saturated rings. The number of oxime groups is 1. The van der Waals surface area contributed by atoms with Crippen molar-refractivity contribution in [3.63, 3.8) is 0 Å². The predicted octanol–water partition coefficient (Wildman–Crippen LogP) is 1.84. The maximum atomic E-state index is 13.4. The fourth-order valence-electron chi connectivity index (χ4n) is 3.03. The highest BCUT2D eigenvalue weighted by Gasteiger charge is 2.25. The van der Waals surface area contributed by atoms with Crippen LogP contribution in [-0.4, -0.2) is 48.7 Å². The summed E-state index contributed by atoms with van der Waals surface area (Å²) in [5, 5.41) is 11.9. The van der Waals surface area contributed by atoms with E-state index in [1.54, 1.807) is 6.07 Å². The van der Waals surface area contributed by atoms with Gasteiger partial charge in [-0.05, 0) is 44.1 Å². The third kappa shape index (κ3) is 3.44. The van der Waals surface area contributed by atoms with Crippen molar-refractivity contribution < 1.29 is 9.60 Å². The lowest BCUT2D eigenvalue weighted by Crippen LogP contribution is -2.39. The molecule has 1 heterocycles. The molecular formula is C15H23FN4O. The number of hydrogen-bond acceptors (Lipinski definition) is 4. The molecule has 116 valence electrons. The van der Waals surface area contributed by atoms with Gasteiger partial charge < -0.3 is 15.8 Å². The fraction of sp³-hybridized carbons (Fsp3) is 0.533. The highest BCUT2D eigenvalue weighted by Crippen LogP contribution is 2.24. The summed E-state index contributed by atoms with van der Waals surface area (Å²) in [6.45, 7) is 5.17. The molecule has 21 heavy (non-hydrogen) atoms. The number of benzene rings is 1. The van der Waals surface area contributed by atoms with Gasteiger partial charge in [0.05, 0.1) is 0 Å². The number of hydrogen-bond donors (Lipinski definition) is 2. The highest BCUT2D eigenvalue weighted by molar-refractivity contribution is 6.02. The zero-order valence-electron chi connectivity index (χ0n) is 12.6. The minimum Gasteiger partial charge on any atom is -0.409 e. The summed E-state index contributed by atoms with van der Waals surface area (Å²) >= 11 is 0. The Morgan fingerprint density at radius 2 is 2.33 bits per heavy atom. The third-order valence-corrected chi connectivity index (χ3v) is 4.14. The van der Waals surface area contributed by atoms with E-state index in [1.807, 2.05) is 11.9 Å². The van der Waals surface area contributed by atoms with Crippen LogP contribution >= 0.6 is 0 Å². The predicted molar refractivity (Wildman–Crippen MR) is 82.4 cm³/mol. The largest absolute Gasteiger partial charge is 0.409 e. The van der Waals surface area contributed by atoms with Gasteiger partial charge in [0.25, 0.3) is 0 Å². The average molecular weight is 294 g/mol. The first kappa shape index (κ1) is 15.6. The Morgan fingerprint density at radius 1 is 1.57 bits per heavy atom. The van der Waals surface area contributed by atoms with Crippen LogP contribution in [0.15, 0.2) is 23.4 Å². The maximum Gasteiger partial charge on any atom is 0.172 e. The molecule has 1 saturated heterocycles. The number of rotatable bonds is 5. The van der Waals surface area contributed by atoms with Crippen molar-refractivity contribution in [3.05, 3.63) is 29.6 Å². The Hall–Kier alpha value is -1.82. The van der Waals surface area contributed by atoms with Gasteiger partial charge in [0.1, 0.15) is 5.82 Å². The minimum atomic E-state index is -0.398. The average Bonchev–Trinajstić information content (AvgIpc) is 2.93. The van der Waals surface area contributed by atoms with Crippen LogP contribution < -0.4 is 10.6 Å². The quantitative estimate of drug-likeness (QED) is 0.376. The summed E-state index contributed by atoms with van der Waals surface area (Å²) < 4.78 is 13.4. The number of likely N-dealkylation sites (tertiary alicyclic amines) is 1. The lowest BCUT2D eigenvalue weighted by Gasteiger charge is -2.30. The first-order chi connectivity index (χ1) is 10.1. The van der Waals surface area contributed by atoms with E-state index in [0.29, 0.717) is 11.6 Å². The third-order valence-electron chi connectivity index (χ3n) is 4.14. The van der Waals surface area contributed by atoms with E-state index in [4.69, 9.17) is 10.9 Å². The summed E-state index contributed by atoms with van der Waals surface area (Å²) in [6.07, 6.45) is 2.38. The molecule has 1 aliphatic heterocycles. The Labute approximate surface area is 124 Å². The van der Waals surface area contributed by atoms with Gasteiger partial charge in [0.2, 0.25) is 0 Å². The lowest BCUT2D eigenvalue weighted by atomic mass is 10.1. The van der Waals surface area contributed by atoms with E-state index in [1.165, 1.54) is 18.6 Å². The molecule has 0 saturated carbocycles. The van der Waals surface area contributed by atoms with Gasteiger partial charge in [-0.2, -0.15) is 0 Å². The van der Waals surface area contributed by atoms with Crippen molar-refractivity contribution in [1.29, 1.82) is 0 Å². The normalized spacial score (nSPS) is 20.0. The number of halogens is 1. The summed E-state index contributed by atoms with van der Waals surface area (Å²) in [5.74, 6) is -0.472. The first-order valence-electron chi connectivity index (χ1n) is 7.29. The van der Waals surface area contributed by atoms with Crippen molar-refractivity contribution in [2.75, 3.05) is 31.6 Å². The Bertz CT molecular complexity index is 520. The number of nitrogens with zero attached hydrogens (tertiary/aromatic N) is 3. The summed E-state index contributed by atoms with van der Waals surface area (Å²) in [7, 11) is 1.95. The number of likely N-dealkylation sites (N-methyl/N-ethyl adjacent to an activating group) is 2. The minimum absolute atomic E-state index is 0.0740. The van der Waals surface area contributed by atoms with Crippen LogP contribution in [0.25, 0.3) is 0 Å². The number of nitrogens with two attached hydrogens (primary N) is 1. The molecular weight excluding hydrogens is 271 g/mol. The molecule has 1 aliphatic rings. The smallest absolute Gasteiger partial charge is 0.172 e.